The second-order valence-corrected chi connectivity index (χ2v) is 8.19. The van der Waals surface area contributed by atoms with E-state index >= 15 is 0 Å². The quantitative estimate of drug-likeness (QED) is 0.813. The number of aryl methyl sites for hydroxylation is 1. The first-order valence-electron chi connectivity index (χ1n) is 9.85. The summed E-state index contributed by atoms with van der Waals surface area (Å²) in [5.74, 6) is 2.80. The van der Waals surface area contributed by atoms with Gasteiger partial charge in [-0.2, -0.15) is 0 Å². The van der Waals surface area contributed by atoms with Crippen molar-refractivity contribution in [1.82, 2.24) is 14.5 Å². The normalized spacial score (nSPS) is 22.5. The molecule has 134 valence electrons. The monoisotopic (exact) mass is 331 g/mol. The molecule has 0 N–H and O–H groups in total. The van der Waals surface area contributed by atoms with Crippen molar-refractivity contribution >= 4 is 5.91 Å². The number of carbonyl (C=O) groups is 1. The standard InChI is InChI=1S/C20H33N3O/c1-15(2)23-16(3)13-21-19(23)11-18-9-10-22(14-18)20(24)12-17-7-5-4-6-8-17/h13,15,17-18H,4-12,14H2,1-3H3. The number of rotatable bonds is 5. The van der Waals surface area contributed by atoms with E-state index in [1.54, 1.807) is 0 Å². The molecule has 1 saturated carbocycles. The summed E-state index contributed by atoms with van der Waals surface area (Å²) in [5.41, 5.74) is 1.24. The molecule has 3 rings (SSSR count). The van der Waals surface area contributed by atoms with Crippen LogP contribution in [0.5, 0.6) is 0 Å². The molecule has 2 heterocycles. The van der Waals surface area contributed by atoms with Gasteiger partial charge in [0.2, 0.25) is 5.91 Å². The number of imidazole rings is 1. The van der Waals surface area contributed by atoms with Gasteiger partial charge in [0.15, 0.2) is 0 Å². The number of nitrogens with zero attached hydrogens (tertiary/aromatic N) is 3. The second-order valence-electron chi connectivity index (χ2n) is 8.19. The summed E-state index contributed by atoms with van der Waals surface area (Å²) in [6.07, 6.45) is 11.4. The Labute approximate surface area is 146 Å². The number of carbonyl (C=O) groups excluding carboxylic acids is 1. The molecule has 1 atom stereocenters. The van der Waals surface area contributed by atoms with Gasteiger partial charge >= 0.3 is 0 Å². The minimum atomic E-state index is 0.396. The van der Waals surface area contributed by atoms with Crippen molar-refractivity contribution in [2.45, 2.75) is 78.2 Å². The molecule has 4 heteroatoms. The number of hydrogen-bond donors (Lipinski definition) is 0. The lowest BCUT2D eigenvalue weighted by atomic mass is 9.87. The Bertz CT molecular complexity index is 557. The van der Waals surface area contributed by atoms with Crippen molar-refractivity contribution in [2.24, 2.45) is 11.8 Å². The van der Waals surface area contributed by atoms with Crippen molar-refractivity contribution in [2.75, 3.05) is 13.1 Å². The molecular formula is C20H33N3O. The minimum absolute atomic E-state index is 0.396. The summed E-state index contributed by atoms with van der Waals surface area (Å²) < 4.78 is 2.34. The first-order chi connectivity index (χ1) is 11.5. The SMILES string of the molecule is Cc1cnc(CC2CCN(C(=O)CC3CCCCC3)C2)n1C(C)C. The number of likely N-dealkylation sites (tertiary alicyclic amines) is 1. The Morgan fingerprint density at radius 2 is 1.96 bits per heavy atom. The molecule has 2 fully saturated rings. The summed E-state index contributed by atoms with van der Waals surface area (Å²) in [5, 5.41) is 0. The van der Waals surface area contributed by atoms with E-state index in [9.17, 15) is 4.79 Å². The molecule has 2 aliphatic rings. The highest BCUT2D eigenvalue weighted by Crippen LogP contribution is 2.29. The summed E-state index contributed by atoms with van der Waals surface area (Å²) >= 11 is 0. The zero-order chi connectivity index (χ0) is 17.1. The second kappa shape index (κ2) is 7.71. The highest BCUT2D eigenvalue weighted by molar-refractivity contribution is 5.76. The van der Waals surface area contributed by atoms with Crippen LogP contribution in [0, 0.1) is 18.8 Å². The fraction of sp³-hybridized carbons (Fsp3) is 0.800. The lowest BCUT2D eigenvalue weighted by molar-refractivity contribution is -0.131. The van der Waals surface area contributed by atoms with E-state index in [4.69, 9.17) is 0 Å². The molecule has 0 radical (unpaired) electrons. The van der Waals surface area contributed by atoms with E-state index in [0.717, 1.165) is 32.4 Å². The van der Waals surface area contributed by atoms with Crippen LogP contribution in [0.1, 0.15) is 76.4 Å². The van der Waals surface area contributed by atoms with Gasteiger partial charge in [0.25, 0.3) is 0 Å². The van der Waals surface area contributed by atoms with Crippen molar-refractivity contribution in [3.05, 3.63) is 17.7 Å². The molecule has 1 aliphatic carbocycles. The summed E-state index contributed by atoms with van der Waals surface area (Å²) in [7, 11) is 0. The van der Waals surface area contributed by atoms with Crippen LogP contribution in [-0.2, 0) is 11.2 Å². The van der Waals surface area contributed by atoms with Crippen LogP contribution in [0.25, 0.3) is 0 Å². The third-order valence-electron chi connectivity index (χ3n) is 5.87. The maximum absolute atomic E-state index is 12.6. The Balaban J connectivity index is 1.53. The minimum Gasteiger partial charge on any atom is -0.342 e. The predicted octanol–water partition coefficient (Wildman–Crippen LogP) is 4.13. The maximum Gasteiger partial charge on any atom is 0.222 e. The maximum atomic E-state index is 12.6. The third kappa shape index (κ3) is 4.01. The molecule has 1 amide bonds. The topological polar surface area (TPSA) is 38.1 Å². The van der Waals surface area contributed by atoms with Crippen LogP contribution in [0.3, 0.4) is 0 Å². The van der Waals surface area contributed by atoms with E-state index in [0.29, 0.717) is 23.8 Å². The molecule has 4 nitrogen and oxygen atoms in total. The van der Waals surface area contributed by atoms with E-state index in [2.05, 4.69) is 35.2 Å². The number of amides is 1. The number of hydrogen-bond acceptors (Lipinski definition) is 2. The lowest BCUT2D eigenvalue weighted by Crippen LogP contribution is -2.31. The van der Waals surface area contributed by atoms with Crippen LogP contribution >= 0.6 is 0 Å². The first kappa shape index (κ1) is 17.5. The molecule has 0 aromatic carbocycles. The fourth-order valence-corrected chi connectivity index (χ4v) is 4.60. The van der Waals surface area contributed by atoms with Crippen LogP contribution in [0.4, 0.5) is 0 Å². The van der Waals surface area contributed by atoms with Crippen molar-refractivity contribution in [3.8, 4) is 0 Å². The average molecular weight is 332 g/mol. The smallest absolute Gasteiger partial charge is 0.222 e. The highest BCUT2D eigenvalue weighted by Gasteiger charge is 2.29. The molecule has 1 saturated heterocycles. The Kier molecular flexibility index (Phi) is 5.62. The summed E-state index contributed by atoms with van der Waals surface area (Å²) in [6, 6.07) is 0.452. The number of aromatic nitrogens is 2. The zero-order valence-electron chi connectivity index (χ0n) is 15.6. The van der Waals surface area contributed by atoms with E-state index < -0.39 is 0 Å². The van der Waals surface area contributed by atoms with Gasteiger partial charge in [-0.05, 0) is 51.9 Å². The Morgan fingerprint density at radius 1 is 1.21 bits per heavy atom. The van der Waals surface area contributed by atoms with Crippen LogP contribution < -0.4 is 0 Å². The average Bonchev–Trinajstić information content (AvgIpc) is 3.16. The van der Waals surface area contributed by atoms with E-state index in [-0.39, 0.29) is 0 Å². The predicted molar refractivity (Wildman–Crippen MR) is 96.9 cm³/mol. The molecule has 0 bridgehead atoms. The lowest BCUT2D eigenvalue weighted by Gasteiger charge is -2.24. The molecule has 24 heavy (non-hydrogen) atoms. The van der Waals surface area contributed by atoms with Gasteiger partial charge in [0.05, 0.1) is 0 Å². The van der Waals surface area contributed by atoms with Crippen LogP contribution in [0.15, 0.2) is 6.20 Å². The highest BCUT2D eigenvalue weighted by atomic mass is 16.2. The molecule has 1 unspecified atom stereocenters. The van der Waals surface area contributed by atoms with Crippen molar-refractivity contribution < 1.29 is 4.79 Å². The fourth-order valence-electron chi connectivity index (χ4n) is 4.60. The Hall–Kier alpha value is -1.32. The first-order valence-corrected chi connectivity index (χ1v) is 9.85. The van der Waals surface area contributed by atoms with Crippen LogP contribution in [0.2, 0.25) is 0 Å². The van der Waals surface area contributed by atoms with E-state index in [1.165, 1.54) is 43.6 Å². The third-order valence-corrected chi connectivity index (χ3v) is 5.87. The van der Waals surface area contributed by atoms with Gasteiger partial charge in [-0.3, -0.25) is 4.79 Å². The van der Waals surface area contributed by atoms with Gasteiger partial charge in [-0.15, -0.1) is 0 Å². The summed E-state index contributed by atoms with van der Waals surface area (Å²) in [4.78, 5) is 19.3. The zero-order valence-corrected chi connectivity index (χ0v) is 15.6. The Morgan fingerprint density at radius 3 is 2.67 bits per heavy atom. The molecule has 1 aromatic heterocycles. The largest absolute Gasteiger partial charge is 0.342 e. The molecule has 0 spiro atoms. The molecule has 1 aliphatic heterocycles. The van der Waals surface area contributed by atoms with Gasteiger partial charge in [0.1, 0.15) is 5.82 Å². The van der Waals surface area contributed by atoms with Crippen LogP contribution in [-0.4, -0.2) is 33.4 Å². The van der Waals surface area contributed by atoms with Crippen molar-refractivity contribution in [3.63, 3.8) is 0 Å². The van der Waals surface area contributed by atoms with Gasteiger partial charge < -0.3 is 9.47 Å². The van der Waals surface area contributed by atoms with Gasteiger partial charge in [0, 0.05) is 43.9 Å². The molecule has 1 aromatic rings. The molecular weight excluding hydrogens is 298 g/mol. The van der Waals surface area contributed by atoms with E-state index in [1.807, 2.05) is 6.20 Å². The van der Waals surface area contributed by atoms with Gasteiger partial charge in [-0.1, -0.05) is 19.3 Å². The van der Waals surface area contributed by atoms with Crippen molar-refractivity contribution in [1.29, 1.82) is 0 Å². The van der Waals surface area contributed by atoms with Gasteiger partial charge in [-0.25, -0.2) is 4.98 Å². The summed E-state index contributed by atoms with van der Waals surface area (Å²) in [6.45, 7) is 8.43.